The first-order chi connectivity index (χ1) is 7.09. The van der Waals surface area contributed by atoms with Crippen LogP contribution in [0.15, 0.2) is 18.2 Å². The number of nitrogens with two attached hydrogens (primary N) is 2. The highest BCUT2D eigenvalue weighted by atomic mass is 19.1. The topological polar surface area (TPSA) is 93.2 Å². The van der Waals surface area contributed by atoms with Gasteiger partial charge in [0.25, 0.3) is 0 Å². The largest absolute Gasteiger partial charge is 0.397 e. The van der Waals surface area contributed by atoms with Gasteiger partial charge in [0.15, 0.2) is 0 Å². The van der Waals surface area contributed by atoms with E-state index in [1.807, 2.05) is 0 Å². The minimum Gasteiger partial charge on any atom is -0.397 e. The number of carbonyl (C=O) groups excluding carboxylic acids is 1. The summed E-state index contributed by atoms with van der Waals surface area (Å²) in [5.41, 5.74) is 11.4. The van der Waals surface area contributed by atoms with E-state index in [1.54, 1.807) is 0 Å². The van der Waals surface area contributed by atoms with Crippen molar-refractivity contribution in [1.29, 1.82) is 0 Å². The Labute approximate surface area is 86.6 Å². The lowest BCUT2D eigenvalue weighted by atomic mass is 10.2. The van der Waals surface area contributed by atoms with E-state index in [1.165, 1.54) is 18.2 Å². The second-order valence-electron chi connectivity index (χ2n) is 2.95. The molecule has 6 heteroatoms. The Hall–Kier alpha value is -1.98. The Kier molecular flexibility index (Phi) is 3.73. The zero-order valence-corrected chi connectivity index (χ0v) is 8.09. The molecular formula is C9H13FN4O. The summed E-state index contributed by atoms with van der Waals surface area (Å²) in [7, 11) is 0. The van der Waals surface area contributed by atoms with E-state index >= 15 is 0 Å². The SMILES string of the molecule is NC(=O)NCCNc1cc(F)ccc1N. The van der Waals surface area contributed by atoms with Gasteiger partial charge in [-0.1, -0.05) is 0 Å². The number of carbonyl (C=O) groups is 1. The van der Waals surface area contributed by atoms with Crippen molar-refractivity contribution in [3.05, 3.63) is 24.0 Å². The summed E-state index contributed by atoms with van der Waals surface area (Å²) in [6.07, 6.45) is 0. The van der Waals surface area contributed by atoms with Gasteiger partial charge in [0, 0.05) is 13.1 Å². The molecule has 0 atom stereocenters. The van der Waals surface area contributed by atoms with Gasteiger partial charge in [-0.25, -0.2) is 9.18 Å². The lowest BCUT2D eigenvalue weighted by molar-refractivity contribution is 0.249. The zero-order chi connectivity index (χ0) is 11.3. The molecule has 82 valence electrons. The number of anilines is 2. The monoisotopic (exact) mass is 212 g/mol. The Balaban J connectivity index is 2.43. The Morgan fingerprint density at radius 2 is 2.13 bits per heavy atom. The van der Waals surface area contributed by atoms with Gasteiger partial charge in [-0.05, 0) is 18.2 Å². The van der Waals surface area contributed by atoms with Crippen LogP contribution in [0.2, 0.25) is 0 Å². The van der Waals surface area contributed by atoms with E-state index in [4.69, 9.17) is 11.5 Å². The number of amides is 2. The molecule has 0 saturated heterocycles. The predicted molar refractivity (Wildman–Crippen MR) is 56.9 cm³/mol. The first kappa shape index (κ1) is 11.1. The lowest BCUT2D eigenvalue weighted by Crippen LogP contribution is -2.33. The van der Waals surface area contributed by atoms with Crippen molar-refractivity contribution >= 4 is 17.4 Å². The second kappa shape index (κ2) is 5.04. The first-order valence-corrected chi connectivity index (χ1v) is 4.42. The Bertz CT molecular complexity index is 356. The van der Waals surface area contributed by atoms with Crippen molar-refractivity contribution < 1.29 is 9.18 Å². The van der Waals surface area contributed by atoms with E-state index in [2.05, 4.69) is 10.6 Å². The van der Waals surface area contributed by atoms with E-state index in [9.17, 15) is 9.18 Å². The number of primary amides is 1. The van der Waals surface area contributed by atoms with Crippen LogP contribution in [-0.4, -0.2) is 19.1 Å². The van der Waals surface area contributed by atoms with E-state index in [0.717, 1.165) is 0 Å². The molecule has 15 heavy (non-hydrogen) atoms. The van der Waals surface area contributed by atoms with Crippen LogP contribution in [0.1, 0.15) is 0 Å². The molecule has 0 aliphatic carbocycles. The zero-order valence-electron chi connectivity index (χ0n) is 8.09. The Morgan fingerprint density at radius 3 is 2.80 bits per heavy atom. The first-order valence-electron chi connectivity index (χ1n) is 4.42. The van der Waals surface area contributed by atoms with Gasteiger partial charge < -0.3 is 22.1 Å². The quantitative estimate of drug-likeness (QED) is 0.432. The number of benzene rings is 1. The maximum Gasteiger partial charge on any atom is 0.312 e. The molecule has 0 spiro atoms. The third kappa shape index (κ3) is 3.72. The second-order valence-corrected chi connectivity index (χ2v) is 2.95. The predicted octanol–water partition coefficient (Wildman–Crippen LogP) is 0.488. The standard InChI is InChI=1S/C9H13FN4O/c10-6-1-2-7(11)8(5-6)13-3-4-14-9(12)15/h1-2,5,13H,3-4,11H2,(H3,12,14,15). The fraction of sp³-hybridized carbons (Fsp3) is 0.222. The summed E-state index contributed by atoms with van der Waals surface area (Å²) in [5, 5.41) is 5.27. The summed E-state index contributed by atoms with van der Waals surface area (Å²) in [4.78, 5) is 10.3. The number of halogens is 1. The van der Waals surface area contributed by atoms with Gasteiger partial charge in [-0.3, -0.25) is 0 Å². The maximum absolute atomic E-state index is 12.8. The number of nitrogen functional groups attached to an aromatic ring is 1. The average molecular weight is 212 g/mol. The summed E-state index contributed by atoms with van der Waals surface area (Å²) in [6.45, 7) is 0.780. The van der Waals surface area contributed by atoms with Crippen LogP contribution in [-0.2, 0) is 0 Å². The van der Waals surface area contributed by atoms with Crippen LogP contribution >= 0.6 is 0 Å². The van der Waals surface area contributed by atoms with Gasteiger partial charge in [-0.15, -0.1) is 0 Å². The number of rotatable bonds is 4. The molecule has 1 aromatic rings. The van der Waals surface area contributed by atoms with Crippen molar-refractivity contribution in [3.8, 4) is 0 Å². The van der Waals surface area contributed by atoms with Gasteiger partial charge in [0.1, 0.15) is 5.82 Å². The average Bonchev–Trinajstić information content (AvgIpc) is 2.17. The molecule has 0 heterocycles. The molecule has 0 fully saturated rings. The molecule has 6 N–H and O–H groups in total. The molecule has 2 amide bonds. The number of hydrogen-bond donors (Lipinski definition) is 4. The van der Waals surface area contributed by atoms with Crippen molar-refractivity contribution in [2.45, 2.75) is 0 Å². The van der Waals surface area contributed by atoms with Gasteiger partial charge in [0.2, 0.25) is 0 Å². The van der Waals surface area contributed by atoms with Crippen LogP contribution < -0.4 is 22.1 Å². The highest BCUT2D eigenvalue weighted by molar-refractivity contribution is 5.71. The molecule has 0 aliphatic heterocycles. The molecular weight excluding hydrogens is 199 g/mol. The van der Waals surface area contributed by atoms with Crippen molar-refractivity contribution in [2.75, 3.05) is 24.1 Å². The van der Waals surface area contributed by atoms with Crippen LogP contribution in [0.4, 0.5) is 20.6 Å². The van der Waals surface area contributed by atoms with Gasteiger partial charge in [0.05, 0.1) is 11.4 Å². The number of hydrogen-bond acceptors (Lipinski definition) is 3. The third-order valence-electron chi connectivity index (χ3n) is 1.76. The molecule has 0 aromatic heterocycles. The number of urea groups is 1. The summed E-state index contributed by atoms with van der Waals surface area (Å²) in [6, 6.07) is 3.45. The minimum atomic E-state index is -0.594. The van der Waals surface area contributed by atoms with Crippen LogP contribution in [0.25, 0.3) is 0 Å². The summed E-state index contributed by atoms with van der Waals surface area (Å²) in [5.74, 6) is -0.366. The molecule has 0 radical (unpaired) electrons. The van der Waals surface area contributed by atoms with Crippen molar-refractivity contribution in [1.82, 2.24) is 5.32 Å². The smallest absolute Gasteiger partial charge is 0.312 e. The molecule has 0 saturated carbocycles. The fourth-order valence-electron chi connectivity index (χ4n) is 1.06. The van der Waals surface area contributed by atoms with Crippen LogP contribution in [0.5, 0.6) is 0 Å². The molecule has 1 rings (SSSR count). The summed E-state index contributed by atoms with van der Waals surface area (Å²) < 4.78 is 12.8. The molecule has 0 aliphatic rings. The van der Waals surface area contributed by atoms with E-state index < -0.39 is 6.03 Å². The maximum atomic E-state index is 12.8. The molecule has 0 unspecified atom stereocenters. The van der Waals surface area contributed by atoms with Crippen molar-refractivity contribution in [3.63, 3.8) is 0 Å². The van der Waals surface area contributed by atoms with E-state index in [-0.39, 0.29) is 5.82 Å². The third-order valence-corrected chi connectivity index (χ3v) is 1.76. The highest BCUT2D eigenvalue weighted by Gasteiger charge is 2.00. The fourth-order valence-corrected chi connectivity index (χ4v) is 1.06. The number of nitrogens with one attached hydrogen (secondary N) is 2. The normalized spacial score (nSPS) is 9.67. The molecule has 5 nitrogen and oxygen atoms in total. The lowest BCUT2D eigenvalue weighted by Gasteiger charge is -2.09. The van der Waals surface area contributed by atoms with Crippen LogP contribution in [0.3, 0.4) is 0 Å². The minimum absolute atomic E-state index is 0.352. The highest BCUT2D eigenvalue weighted by Crippen LogP contribution is 2.18. The molecule has 1 aromatic carbocycles. The Morgan fingerprint density at radius 1 is 1.40 bits per heavy atom. The van der Waals surface area contributed by atoms with Gasteiger partial charge in [-0.2, -0.15) is 0 Å². The van der Waals surface area contributed by atoms with Crippen molar-refractivity contribution in [2.24, 2.45) is 5.73 Å². The van der Waals surface area contributed by atoms with E-state index in [0.29, 0.717) is 24.5 Å². The van der Waals surface area contributed by atoms with Crippen LogP contribution in [0, 0.1) is 5.82 Å². The van der Waals surface area contributed by atoms with Gasteiger partial charge >= 0.3 is 6.03 Å². The summed E-state index contributed by atoms with van der Waals surface area (Å²) >= 11 is 0. The molecule has 0 bridgehead atoms.